The van der Waals surface area contributed by atoms with Crippen LogP contribution in [0, 0.1) is 6.92 Å². The summed E-state index contributed by atoms with van der Waals surface area (Å²) in [6.45, 7) is 5.68. The molecule has 1 amide bonds. The van der Waals surface area contributed by atoms with Crippen LogP contribution in [0.4, 0.5) is 5.69 Å². The van der Waals surface area contributed by atoms with Crippen molar-refractivity contribution in [3.05, 3.63) is 70.2 Å². The van der Waals surface area contributed by atoms with Crippen molar-refractivity contribution in [2.75, 3.05) is 12.4 Å². The van der Waals surface area contributed by atoms with Crippen molar-refractivity contribution >= 4 is 22.5 Å². The molecule has 0 aliphatic carbocycles. The Morgan fingerprint density at radius 2 is 1.81 bits per heavy atom. The molecule has 4 aromatic rings. The fraction of sp³-hybridized carbons (Fsp3) is 0.250. The number of methoxy groups -OCH3 is 1. The summed E-state index contributed by atoms with van der Waals surface area (Å²) in [6.07, 6.45) is 0. The number of nitrogens with one attached hydrogen (secondary N) is 1. The van der Waals surface area contributed by atoms with Crippen molar-refractivity contribution in [3.8, 4) is 17.0 Å². The number of aromatic nitrogens is 3. The van der Waals surface area contributed by atoms with Crippen LogP contribution in [0.3, 0.4) is 0 Å². The van der Waals surface area contributed by atoms with Gasteiger partial charge < -0.3 is 14.6 Å². The van der Waals surface area contributed by atoms with Crippen LogP contribution in [0.5, 0.6) is 5.75 Å². The third-order valence-electron chi connectivity index (χ3n) is 5.28. The predicted molar refractivity (Wildman–Crippen MR) is 122 cm³/mol. The van der Waals surface area contributed by atoms with Crippen molar-refractivity contribution in [3.63, 3.8) is 0 Å². The number of hydrogen-bond donors (Lipinski definition) is 1. The van der Waals surface area contributed by atoms with Gasteiger partial charge in [-0.2, -0.15) is 5.10 Å². The van der Waals surface area contributed by atoms with Crippen LogP contribution in [-0.4, -0.2) is 28.0 Å². The van der Waals surface area contributed by atoms with Crippen molar-refractivity contribution in [1.29, 1.82) is 0 Å². The molecule has 2 aromatic heterocycles. The average Bonchev–Trinajstić information content (AvgIpc) is 3.18. The second kappa shape index (κ2) is 8.66. The lowest BCUT2D eigenvalue weighted by atomic mass is 10.0. The molecule has 32 heavy (non-hydrogen) atoms. The molecule has 1 N–H and O–H groups in total. The highest BCUT2D eigenvalue weighted by Crippen LogP contribution is 2.28. The number of hydrogen-bond acceptors (Lipinski definition) is 6. The summed E-state index contributed by atoms with van der Waals surface area (Å²) in [7, 11) is 1.59. The Bertz CT molecular complexity index is 1320. The minimum atomic E-state index is -0.487. The first kappa shape index (κ1) is 21.3. The Morgan fingerprint density at radius 1 is 1.12 bits per heavy atom. The molecular weight excluding hydrogens is 408 g/mol. The topological polar surface area (TPSA) is 99.2 Å². The van der Waals surface area contributed by atoms with Crippen LogP contribution in [0.25, 0.3) is 22.2 Å². The van der Waals surface area contributed by atoms with E-state index in [0.29, 0.717) is 34.2 Å². The van der Waals surface area contributed by atoms with Crippen LogP contribution in [0.15, 0.2) is 57.8 Å². The number of aryl methyl sites for hydroxylation is 1. The molecule has 0 fully saturated rings. The van der Waals surface area contributed by atoms with Gasteiger partial charge in [-0.1, -0.05) is 31.1 Å². The normalized spacial score (nSPS) is 11.2. The molecule has 0 saturated carbocycles. The molecule has 2 aromatic carbocycles. The maximum atomic E-state index is 12.9. The third-order valence-corrected chi connectivity index (χ3v) is 5.28. The molecule has 0 spiro atoms. The zero-order chi connectivity index (χ0) is 22.8. The Kier molecular flexibility index (Phi) is 5.77. The lowest BCUT2D eigenvalue weighted by Crippen LogP contribution is -2.30. The number of nitrogens with zero attached hydrogens (tertiary/aromatic N) is 3. The van der Waals surface area contributed by atoms with Gasteiger partial charge in [-0.3, -0.25) is 9.59 Å². The summed E-state index contributed by atoms with van der Waals surface area (Å²) in [6, 6.07) is 14.9. The number of amides is 1. The lowest BCUT2D eigenvalue weighted by molar-refractivity contribution is -0.117. The first-order valence-electron chi connectivity index (χ1n) is 10.3. The maximum absolute atomic E-state index is 12.9. The highest BCUT2D eigenvalue weighted by Gasteiger charge is 2.20. The number of carbonyl (C=O) groups excluding carboxylic acids is 1. The van der Waals surface area contributed by atoms with Gasteiger partial charge in [-0.15, -0.1) is 0 Å². The Morgan fingerprint density at radius 3 is 2.44 bits per heavy atom. The molecular formula is C24H24N4O4. The summed E-state index contributed by atoms with van der Waals surface area (Å²) in [5.74, 6) is 1.22. The third kappa shape index (κ3) is 4.12. The smallest absolute Gasteiger partial charge is 0.297 e. The van der Waals surface area contributed by atoms with Gasteiger partial charge in [0.2, 0.25) is 5.91 Å². The van der Waals surface area contributed by atoms with Crippen LogP contribution >= 0.6 is 0 Å². The summed E-state index contributed by atoms with van der Waals surface area (Å²) in [4.78, 5) is 25.6. The Balaban J connectivity index is 1.67. The second-order valence-corrected chi connectivity index (χ2v) is 7.83. The van der Waals surface area contributed by atoms with Gasteiger partial charge >= 0.3 is 0 Å². The van der Waals surface area contributed by atoms with E-state index in [-0.39, 0.29) is 18.0 Å². The van der Waals surface area contributed by atoms with E-state index in [1.807, 2.05) is 36.4 Å². The quantitative estimate of drug-likeness (QED) is 0.492. The van der Waals surface area contributed by atoms with E-state index < -0.39 is 5.56 Å². The minimum absolute atomic E-state index is 0.136. The summed E-state index contributed by atoms with van der Waals surface area (Å²) < 4.78 is 11.6. The SMILES string of the molecule is COc1ccc(-c2nn(CC(=O)Nc3ccc(C(C)C)cc3)c(=O)c3noc(C)c23)cc1. The standard InChI is InChI=1S/C24H24N4O4/c1-14(2)16-5-9-18(10-6-16)25-20(29)13-28-24(30)23-21(15(3)32-27-23)22(26-28)17-7-11-19(31-4)12-8-17/h5-12,14H,13H2,1-4H3,(H,25,29). The lowest BCUT2D eigenvalue weighted by Gasteiger charge is -2.11. The van der Waals surface area contributed by atoms with Crippen molar-refractivity contribution in [2.45, 2.75) is 33.2 Å². The molecule has 4 rings (SSSR count). The number of ether oxygens (including phenoxy) is 1. The van der Waals surface area contributed by atoms with Gasteiger partial charge in [0.1, 0.15) is 23.7 Å². The zero-order valence-electron chi connectivity index (χ0n) is 18.4. The summed E-state index contributed by atoms with van der Waals surface area (Å²) >= 11 is 0. The molecule has 164 valence electrons. The summed E-state index contributed by atoms with van der Waals surface area (Å²) in [5, 5.41) is 11.7. The van der Waals surface area contributed by atoms with Crippen molar-refractivity contribution in [1.82, 2.24) is 14.9 Å². The van der Waals surface area contributed by atoms with E-state index in [1.165, 1.54) is 5.56 Å². The van der Waals surface area contributed by atoms with Crippen molar-refractivity contribution in [2.24, 2.45) is 0 Å². The number of anilines is 1. The van der Waals surface area contributed by atoms with Crippen LogP contribution in [-0.2, 0) is 11.3 Å². The molecule has 2 heterocycles. The zero-order valence-corrected chi connectivity index (χ0v) is 18.4. The minimum Gasteiger partial charge on any atom is -0.497 e. The van der Waals surface area contributed by atoms with E-state index >= 15 is 0 Å². The van der Waals surface area contributed by atoms with Gasteiger partial charge in [0.15, 0.2) is 5.52 Å². The highest BCUT2D eigenvalue weighted by atomic mass is 16.5. The Hall–Kier alpha value is -3.94. The first-order chi connectivity index (χ1) is 15.4. The van der Waals surface area contributed by atoms with E-state index in [4.69, 9.17) is 9.26 Å². The van der Waals surface area contributed by atoms with Gasteiger partial charge in [0.05, 0.1) is 12.5 Å². The first-order valence-corrected chi connectivity index (χ1v) is 10.3. The number of rotatable bonds is 6. The van der Waals surface area contributed by atoms with Crippen LogP contribution in [0.2, 0.25) is 0 Å². The molecule has 8 nitrogen and oxygen atoms in total. The van der Waals surface area contributed by atoms with E-state index in [2.05, 4.69) is 29.4 Å². The number of fused-ring (bicyclic) bond motifs is 1. The molecule has 0 radical (unpaired) electrons. The number of benzene rings is 2. The van der Waals surface area contributed by atoms with Crippen molar-refractivity contribution < 1.29 is 14.1 Å². The average molecular weight is 432 g/mol. The molecule has 0 aliphatic rings. The fourth-order valence-electron chi connectivity index (χ4n) is 3.48. The second-order valence-electron chi connectivity index (χ2n) is 7.83. The molecule has 0 aliphatic heterocycles. The van der Waals surface area contributed by atoms with Crippen LogP contribution in [0.1, 0.15) is 31.1 Å². The molecule has 0 saturated heterocycles. The van der Waals surface area contributed by atoms with E-state index in [1.54, 1.807) is 26.2 Å². The predicted octanol–water partition coefficient (Wildman–Crippen LogP) is 4.13. The number of carbonyl (C=O) groups is 1. The summed E-state index contributed by atoms with van der Waals surface area (Å²) in [5.41, 5.74) is 2.74. The van der Waals surface area contributed by atoms with Crippen LogP contribution < -0.4 is 15.6 Å². The molecule has 0 atom stereocenters. The Labute approximate surface area is 184 Å². The van der Waals surface area contributed by atoms with Gasteiger partial charge in [-0.05, 0) is 54.8 Å². The fourth-order valence-corrected chi connectivity index (χ4v) is 3.48. The molecule has 0 bridgehead atoms. The van der Waals surface area contributed by atoms with Gasteiger partial charge in [-0.25, -0.2) is 4.68 Å². The van der Waals surface area contributed by atoms with E-state index in [0.717, 1.165) is 10.2 Å². The highest BCUT2D eigenvalue weighted by molar-refractivity contribution is 5.94. The largest absolute Gasteiger partial charge is 0.497 e. The van der Waals surface area contributed by atoms with Gasteiger partial charge in [0, 0.05) is 11.3 Å². The monoisotopic (exact) mass is 432 g/mol. The van der Waals surface area contributed by atoms with E-state index in [9.17, 15) is 9.59 Å². The molecule has 8 heteroatoms. The maximum Gasteiger partial charge on any atom is 0.297 e. The molecule has 0 unspecified atom stereocenters. The van der Waals surface area contributed by atoms with Gasteiger partial charge in [0.25, 0.3) is 5.56 Å².